The van der Waals surface area contributed by atoms with Crippen molar-refractivity contribution >= 4 is 5.91 Å². The first-order valence-electron chi connectivity index (χ1n) is 5.58. The molecule has 4 heteroatoms. The van der Waals surface area contributed by atoms with E-state index in [1.165, 1.54) is 0 Å². The van der Waals surface area contributed by atoms with Crippen LogP contribution in [0.2, 0.25) is 0 Å². The summed E-state index contributed by atoms with van der Waals surface area (Å²) >= 11 is 0. The maximum absolute atomic E-state index is 11.6. The van der Waals surface area contributed by atoms with Crippen LogP contribution in [0.1, 0.15) is 27.7 Å². The molecule has 0 spiro atoms. The molecule has 1 amide bonds. The van der Waals surface area contributed by atoms with Crippen LogP contribution < -0.4 is 5.32 Å². The van der Waals surface area contributed by atoms with E-state index in [9.17, 15) is 9.90 Å². The Balaban J connectivity index is 2.29. The van der Waals surface area contributed by atoms with Crippen LogP contribution in [0.25, 0.3) is 0 Å². The Morgan fingerprint density at radius 1 is 1.40 bits per heavy atom. The van der Waals surface area contributed by atoms with Gasteiger partial charge < -0.3 is 15.3 Å². The van der Waals surface area contributed by atoms with Crippen LogP contribution in [-0.4, -0.2) is 47.2 Å². The fourth-order valence-electron chi connectivity index (χ4n) is 1.56. The van der Waals surface area contributed by atoms with E-state index in [1.807, 2.05) is 27.7 Å². The number of hydrogen-bond acceptors (Lipinski definition) is 3. The second-order valence-corrected chi connectivity index (χ2v) is 5.04. The predicted molar refractivity (Wildman–Crippen MR) is 59.5 cm³/mol. The number of nitrogens with zero attached hydrogens (tertiary/aromatic N) is 1. The average Bonchev–Trinajstić information content (AvgIpc) is 2.08. The molecule has 88 valence electrons. The van der Waals surface area contributed by atoms with Gasteiger partial charge in [-0.3, -0.25) is 4.79 Å². The third kappa shape index (κ3) is 2.92. The Morgan fingerprint density at radius 2 is 1.93 bits per heavy atom. The maximum Gasteiger partial charge on any atom is 0.236 e. The average molecular weight is 214 g/mol. The highest BCUT2D eigenvalue weighted by atomic mass is 16.3. The number of carbonyl (C=O) groups excluding carboxylic acids is 1. The second-order valence-electron chi connectivity index (χ2n) is 5.04. The molecule has 0 aromatic carbocycles. The van der Waals surface area contributed by atoms with Gasteiger partial charge in [-0.05, 0) is 5.92 Å². The van der Waals surface area contributed by atoms with E-state index in [0.29, 0.717) is 25.7 Å². The highest BCUT2D eigenvalue weighted by Gasteiger charge is 2.45. The van der Waals surface area contributed by atoms with Crippen molar-refractivity contribution in [2.45, 2.75) is 39.3 Å². The molecule has 0 aliphatic carbocycles. The largest absolute Gasteiger partial charge is 0.386 e. The number of amides is 1. The van der Waals surface area contributed by atoms with Crippen molar-refractivity contribution in [3.63, 3.8) is 0 Å². The van der Waals surface area contributed by atoms with Crippen LogP contribution in [-0.2, 0) is 4.79 Å². The quantitative estimate of drug-likeness (QED) is 0.703. The Morgan fingerprint density at radius 3 is 2.33 bits per heavy atom. The van der Waals surface area contributed by atoms with Crippen molar-refractivity contribution in [1.82, 2.24) is 10.2 Å². The minimum absolute atomic E-state index is 0.0778. The summed E-state index contributed by atoms with van der Waals surface area (Å²) in [7, 11) is 0. The molecule has 0 aromatic heterocycles. The zero-order valence-electron chi connectivity index (χ0n) is 10.1. The van der Waals surface area contributed by atoms with Gasteiger partial charge in [0.05, 0.1) is 19.6 Å². The van der Waals surface area contributed by atoms with Crippen molar-refractivity contribution in [3.05, 3.63) is 0 Å². The second kappa shape index (κ2) is 4.49. The predicted octanol–water partition coefficient (Wildman–Crippen LogP) is 0.214. The van der Waals surface area contributed by atoms with Gasteiger partial charge in [-0.25, -0.2) is 0 Å². The standard InChI is InChI=1S/C11H22N2O2/c1-8(2)11(15)6-13(7-11)10(14)5-12-9(3)4/h8-9,12,15H,5-7H2,1-4H3. The highest BCUT2D eigenvalue weighted by Crippen LogP contribution is 2.28. The summed E-state index contributed by atoms with van der Waals surface area (Å²) in [5.74, 6) is 0.286. The van der Waals surface area contributed by atoms with E-state index < -0.39 is 5.60 Å². The Labute approximate surface area is 91.6 Å². The SMILES string of the molecule is CC(C)NCC(=O)N1CC(O)(C(C)C)C1. The number of nitrogens with one attached hydrogen (secondary N) is 1. The molecule has 1 heterocycles. The number of carbonyl (C=O) groups is 1. The van der Waals surface area contributed by atoms with Crippen molar-refractivity contribution < 1.29 is 9.90 Å². The summed E-state index contributed by atoms with van der Waals surface area (Å²) in [5.41, 5.74) is -0.659. The lowest BCUT2D eigenvalue weighted by atomic mass is 9.83. The molecule has 1 aliphatic heterocycles. The van der Waals surface area contributed by atoms with Crippen molar-refractivity contribution in [2.75, 3.05) is 19.6 Å². The van der Waals surface area contributed by atoms with Crippen molar-refractivity contribution in [2.24, 2.45) is 5.92 Å². The normalized spacial score (nSPS) is 19.5. The van der Waals surface area contributed by atoms with Gasteiger partial charge in [-0.2, -0.15) is 0 Å². The molecule has 0 radical (unpaired) electrons. The minimum atomic E-state index is -0.659. The first-order valence-corrected chi connectivity index (χ1v) is 5.58. The number of hydrogen-bond donors (Lipinski definition) is 2. The smallest absolute Gasteiger partial charge is 0.236 e. The van der Waals surface area contributed by atoms with E-state index in [1.54, 1.807) is 4.90 Å². The van der Waals surface area contributed by atoms with Crippen LogP contribution in [0.15, 0.2) is 0 Å². The lowest BCUT2D eigenvalue weighted by Gasteiger charge is -2.49. The molecule has 0 unspecified atom stereocenters. The molecule has 1 aliphatic rings. The summed E-state index contributed by atoms with van der Waals surface area (Å²) in [6.07, 6.45) is 0. The van der Waals surface area contributed by atoms with Gasteiger partial charge in [0.1, 0.15) is 5.60 Å². The molecule has 1 rings (SSSR count). The van der Waals surface area contributed by atoms with E-state index >= 15 is 0 Å². The minimum Gasteiger partial charge on any atom is -0.386 e. The molecule has 0 atom stereocenters. The van der Waals surface area contributed by atoms with Crippen LogP contribution in [0.5, 0.6) is 0 Å². The van der Waals surface area contributed by atoms with Crippen LogP contribution in [0, 0.1) is 5.92 Å². The van der Waals surface area contributed by atoms with E-state index in [0.717, 1.165) is 0 Å². The molecule has 0 aromatic rings. The van der Waals surface area contributed by atoms with Gasteiger partial charge in [0.25, 0.3) is 0 Å². The van der Waals surface area contributed by atoms with Gasteiger partial charge in [-0.15, -0.1) is 0 Å². The summed E-state index contributed by atoms with van der Waals surface area (Å²) in [5, 5.41) is 13.0. The van der Waals surface area contributed by atoms with Gasteiger partial charge in [0.2, 0.25) is 5.91 Å². The molecule has 4 nitrogen and oxygen atoms in total. The molecule has 1 fully saturated rings. The fraction of sp³-hybridized carbons (Fsp3) is 0.909. The van der Waals surface area contributed by atoms with Crippen LogP contribution >= 0.6 is 0 Å². The number of rotatable bonds is 4. The number of aliphatic hydroxyl groups is 1. The van der Waals surface area contributed by atoms with Crippen LogP contribution in [0.4, 0.5) is 0 Å². The Kier molecular flexibility index (Phi) is 3.73. The molecule has 0 bridgehead atoms. The van der Waals surface area contributed by atoms with Gasteiger partial charge in [-0.1, -0.05) is 27.7 Å². The first-order chi connectivity index (χ1) is 6.85. The number of β-amino-alcohol motifs (C(OH)–C–C–N with tert-alkyl or cyclic N) is 1. The zero-order chi connectivity index (χ0) is 11.6. The van der Waals surface area contributed by atoms with Gasteiger partial charge >= 0.3 is 0 Å². The van der Waals surface area contributed by atoms with Crippen LogP contribution in [0.3, 0.4) is 0 Å². The van der Waals surface area contributed by atoms with Gasteiger partial charge in [0, 0.05) is 6.04 Å². The van der Waals surface area contributed by atoms with Gasteiger partial charge in [0.15, 0.2) is 0 Å². The maximum atomic E-state index is 11.6. The Hall–Kier alpha value is -0.610. The molecule has 0 saturated carbocycles. The first kappa shape index (κ1) is 12.5. The molecular weight excluding hydrogens is 192 g/mol. The van der Waals surface area contributed by atoms with E-state index in [2.05, 4.69) is 5.32 Å². The van der Waals surface area contributed by atoms with E-state index in [4.69, 9.17) is 0 Å². The highest BCUT2D eigenvalue weighted by molar-refractivity contribution is 5.79. The summed E-state index contributed by atoms with van der Waals surface area (Å²) in [6.45, 7) is 9.29. The Bertz CT molecular complexity index is 233. The van der Waals surface area contributed by atoms with Crippen molar-refractivity contribution in [1.29, 1.82) is 0 Å². The fourth-order valence-corrected chi connectivity index (χ4v) is 1.56. The summed E-state index contributed by atoms with van der Waals surface area (Å²) < 4.78 is 0. The third-order valence-corrected chi connectivity index (χ3v) is 3.02. The monoisotopic (exact) mass is 214 g/mol. The lowest BCUT2D eigenvalue weighted by molar-refractivity contribution is -0.162. The summed E-state index contributed by atoms with van der Waals surface area (Å²) in [4.78, 5) is 13.3. The molecule has 1 saturated heterocycles. The zero-order valence-corrected chi connectivity index (χ0v) is 10.1. The third-order valence-electron chi connectivity index (χ3n) is 3.02. The summed E-state index contributed by atoms with van der Waals surface area (Å²) in [6, 6.07) is 0.319. The molecular formula is C11H22N2O2. The molecule has 15 heavy (non-hydrogen) atoms. The van der Waals surface area contributed by atoms with Crippen molar-refractivity contribution in [3.8, 4) is 0 Å². The molecule has 2 N–H and O–H groups in total. The number of likely N-dealkylation sites (tertiary alicyclic amines) is 1. The topological polar surface area (TPSA) is 52.6 Å². The lowest BCUT2D eigenvalue weighted by Crippen LogP contribution is -2.67. The van der Waals surface area contributed by atoms with E-state index in [-0.39, 0.29) is 11.8 Å².